The highest BCUT2D eigenvalue weighted by Gasteiger charge is 2.30. The molecule has 0 aliphatic carbocycles. The van der Waals surface area contributed by atoms with Crippen molar-refractivity contribution in [1.82, 2.24) is 5.32 Å². The summed E-state index contributed by atoms with van der Waals surface area (Å²) in [6.07, 6.45) is 1.84. The molecular weight excluding hydrogens is 476 g/mol. The fourth-order valence-electron chi connectivity index (χ4n) is 4.11. The van der Waals surface area contributed by atoms with Gasteiger partial charge in [0.15, 0.2) is 11.5 Å². The Hall–Kier alpha value is -3.91. The molecule has 1 unspecified atom stereocenters. The lowest BCUT2D eigenvalue weighted by Crippen LogP contribution is -2.43. The third-order valence-corrected chi connectivity index (χ3v) is 7.07. The number of nitrogens with one attached hydrogen (secondary N) is 1. The van der Waals surface area contributed by atoms with Gasteiger partial charge in [-0.15, -0.1) is 0 Å². The maximum Gasteiger partial charge on any atom is 0.265 e. The van der Waals surface area contributed by atoms with Gasteiger partial charge in [0.2, 0.25) is 5.91 Å². The number of amides is 2. The first kappa shape index (κ1) is 23.8. The predicted molar refractivity (Wildman–Crippen MR) is 140 cm³/mol. The Balaban J connectivity index is 1.34. The van der Waals surface area contributed by atoms with Gasteiger partial charge in [-0.3, -0.25) is 14.5 Å². The number of hydrogen-bond acceptors (Lipinski definition) is 6. The summed E-state index contributed by atoms with van der Waals surface area (Å²) < 4.78 is 16.5. The molecule has 7 nitrogen and oxygen atoms in total. The van der Waals surface area contributed by atoms with Crippen LogP contribution in [0, 0.1) is 0 Å². The van der Waals surface area contributed by atoms with Gasteiger partial charge in [-0.2, -0.15) is 0 Å². The normalized spacial score (nSPS) is 16.3. The Kier molecular flexibility index (Phi) is 6.86. The number of rotatable bonds is 6. The van der Waals surface area contributed by atoms with E-state index < -0.39 is 0 Å². The minimum atomic E-state index is -0.271. The van der Waals surface area contributed by atoms with E-state index in [1.807, 2.05) is 79.7 Å². The number of fused-ring (bicyclic) bond motifs is 2. The van der Waals surface area contributed by atoms with Gasteiger partial charge in [0.25, 0.3) is 5.91 Å². The van der Waals surface area contributed by atoms with Crippen LogP contribution in [-0.4, -0.2) is 38.7 Å². The van der Waals surface area contributed by atoms with Crippen molar-refractivity contribution in [2.24, 2.45) is 0 Å². The molecule has 5 rings (SSSR count). The molecule has 36 heavy (non-hydrogen) atoms. The second-order valence-electron chi connectivity index (χ2n) is 8.44. The van der Waals surface area contributed by atoms with Crippen molar-refractivity contribution in [3.05, 3.63) is 82.8 Å². The summed E-state index contributed by atoms with van der Waals surface area (Å²) in [6.45, 7) is 2.83. The Morgan fingerprint density at radius 2 is 1.83 bits per heavy atom. The fourth-order valence-corrected chi connectivity index (χ4v) is 5.17. The van der Waals surface area contributed by atoms with Gasteiger partial charge in [-0.05, 0) is 60.5 Å². The third kappa shape index (κ3) is 5.04. The van der Waals surface area contributed by atoms with E-state index in [1.165, 1.54) is 16.7 Å². The number of para-hydroxylation sites is 1. The van der Waals surface area contributed by atoms with E-state index in [-0.39, 0.29) is 24.4 Å². The minimum Gasteiger partial charge on any atom is -0.497 e. The average Bonchev–Trinajstić information content (AvgIpc) is 2.91. The number of carbonyl (C=O) groups is 2. The molecule has 0 saturated carbocycles. The second kappa shape index (κ2) is 10.4. The Morgan fingerprint density at radius 3 is 2.61 bits per heavy atom. The molecule has 1 atom stereocenters. The Labute approximate surface area is 214 Å². The van der Waals surface area contributed by atoms with Gasteiger partial charge in [-0.25, -0.2) is 0 Å². The lowest BCUT2D eigenvalue weighted by Gasteiger charge is -2.30. The van der Waals surface area contributed by atoms with E-state index in [1.54, 1.807) is 7.11 Å². The number of thioether (sulfide) groups is 1. The number of anilines is 1. The van der Waals surface area contributed by atoms with E-state index in [4.69, 9.17) is 14.2 Å². The van der Waals surface area contributed by atoms with Crippen LogP contribution < -0.4 is 24.4 Å². The van der Waals surface area contributed by atoms with Gasteiger partial charge < -0.3 is 19.5 Å². The molecule has 2 amide bonds. The van der Waals surface area contributed by atoms with Crippen LogP contribution in [0.2, 0.25) is 0 Å². The van der Waals surface area contributed by atoms with E-state index >= 15 is 0 Å². The van der Waals surface area contributed by atoms with Gasteiger partial charge in [-0.1, -0.05) is 42.1 Å². The number of ether oxygens (including phenoxy) is 3. The molecule has 0 spiro atoms. The van der Waals surface area contributed by atoms with Crippen LogP contribution in [0.1, 0.15) is 24.1 Å². The molecule has 2 aliphatic heterocycles. The molecular formula is C28H26N2O5S. The fraction of sp³-hybridized carbons (Fsp3) is 0.214. The predicted octanol–water partition coefficient (Wildman–Crippen LogP) is 4.82. The number of carbonyl (C=O) groups excluding carboxylic acids is 2. The van der Waals surface area contributed by atoms with Crippen LogP contribution in [0.3, 0.4) is 0 Å². The zero-order valence-electron chi connectivity index (χ0n) is 20.0. The number of nitrogens with zero attached hydrogens (tertiary/aromatic N) is 1. The highest BCUT2D eigenvalue weighted by molar-refractivity contribution is 8.04. The van der Waals surface area contributed by atoms with Crippen LogP contribution in [0.4, 0.5) is 5.69 Å². The molecule has 0 saturated heterocycles. The first-order valence-corrected chi connectivity index (χ1v) is 12.5. The number of methoxy groups -OCH3 is 1. The maximum absolute atomic E-state index is 13.5. The standard InChI is InChI=1S/C28H26N2O5S/c1-18(20-9-12-23-24(16-20)35-14-13-34-23)29-27(31)17-30-22-5-3-4-6-25(22)36-26(28(30)32)15-19-7-10-21(33-2)11-8-19/h3-12,15-16,18H,13-14,17H2,1-2H3,(H,29,31)/b26-15-. The van der Waals surface area contributed by atoms with E-state index in [0.29, 0.717) is 29.6 Å². The van der Waals surface area contributed by atoms with Crippen molar-refractivity contribution in [3.63, 3.8) is 0 Å². The summed E-state index contributed by atoms with van der Waals surface area (Å²) in [7, 11) is 1.61. The number of benzene rings is 3. The zero-order valence-corrected chi connectivity index (χ0v) is 20.8. The third-order valence-electron chi connectivity index (χ3n) is 5.99. The molecule has 2 aliphatic rings. The van der Waals surface area contributed by atoms with Gasteiger partial charge in [0, 0.05) is 4.90 Å². The van der Waals surface area contributed by atoms with Crippen molar-refractivity contribution in [2.75, 3.05) is 31.8 Å². The molecule has 3 aromatic rings. The molecule has 8 heteroatoms. The quantitative estimate of drug-likeness (QED) is 0.487. The molecule has 0 fully saturated rings. The maximum atomic E-state index is 13.5. The minimum absolute atomic E-state index is 0.0920. The van der Waals surface area contributed by atoms with Crippen molar-refractivity contribution in [1.29, 1.82) is 0 Å². The first-order valence-electron chi connectivity index (χ1n) is 11.7. The summed E-state index contributed by atoms with van der Waals surface area (Å²) in [5.74, 6) is 1.65. The molecule has 0 radical (unpaired) electrons. The van der Waals surface area contributed by atoms with Gasteiger partial charge >= 0.3 is 0 Å². The Morgan fingerprint density at radius 1 is 1.08 bits per heavy atom. The summed E-state index contributed by atoms with van der Waals surface area (Å²) in [5, 5.41) is 3.01. The molecule has 184 valence electrons. The van der Waals surface area contributed by atoms with Crippen molar-refractivity contribution < 1.29 is 23.8 Å². The monoisotopic (exact) mass is 502 g/mol. The smallest absolute Gasteiger partial charge is 0.265 e. The summed E-state index contributed by atoms with van der Waals surface area (Å²) >= 11 is 1.41. The van der Waals surface area contributed by atoms with Crippen molar-refractivity contribution in [3.8, 4) is 17.2 Å². The van der Waals surface area contributed by atoms with Crippen LogP contribution in [-0.2, 0) is 9.59 Å². The molecule has 3 aromatic carbocycles. The molecule has 0 aromatic heterocycles. The summed E-state index contributed by atoms with van der Waals surface area (Å²) in [6, 6.07) is 20.5. The zero-order chi connectivity index (χ0) is 25.1. The number of hydrogen-bond donors (Lipinski definition) is 1. The van der Waals surface area contributed by atoms with Crippen LogP contribution in [0.15, 0.2) is 76.5 Å². The Bertz CT molecular complexity index is 1320. The average molecular weight is 503 g/mol. The molecule has 1 N–H and O–H groups in total. The highest BCUT2D eigenvalue weighted by atomic mass is 32.2. The summed E-state index contributed by atoms with van der Waals surface area (Å²) in [5.41, 5.74) is 2.50. The summed E-state index contributed by atoms with van der Waals surface area (Å²) in [4.78, 5) is 29.5. The van der Waals surface area contributed by atoms with E-state index in [9.17, 15) is 9.59 Å². The van der Waals surface area contributed by atoms with Crippen molar-refractivity contribution in [2.45, 2.75) is 17.9 Å². The first-order chi connectivity index (χ1) is 17.5. The van der Waals surface area contributed by atoms with Crippen LogP contribution in [0.5, 0.6) is 17.2 Å². The molecule has 0 bridgehead atoms. The van der Waals surface area contributed by atoms with Crippen molar-refractivity contribution >= 4 is 35.3 Å². The lowest BCUT2D eigenvalue weighted by atomic mass is 10.1. The van der Waals surface area contributed by atoms with Crippen LogP contribution in [0.25, 0.3) is 6.08 Å². The largest absolute Gasteiger partial charge is 0.497 e. The highest BCUT2D eigenvalue weighted by Crippen LogP contribution is 2.42. The topological polar surface area (TPSA) is 77.1 Å². The second-order valence-corrected chi connectivity index (χ2v) is 9.52. The SMILES string of the molecule is COc1ccc(/C=C2\Sc3ccccc3N(CC(=O)NC(C)c3ccc4c(c3)OCCO4)C2=O)cc1. The van der Waals surface area contributed by atoms with E-state index in [2.05, 4.69) is 5.32 Å². The van der Waals surface area contributed by atoms with Gasteiger partial charge in [0.05, 0.1) is 23.7 Å². The van der Waals surface area contributed by atoms with Gasteiger partial charge in [0.1, 0.15) is 25.5 Å². The molecule has 2 heterocycles. The lowest BCUT2D eigenvalue weighted by molar-refractivity contribution is -0.122. The van der Waals surface area contributed by atoms with Crippen LogP contribution >= 0.6 is 11.8 Å². The van der Waals surface area contributed by atoms with E-state index in [0.717, 1.165) is 27.5 Å².